The zero-order valence-electron chi connectivity index (χ0n) is 11.7. The lowest BCUT2D eigenvalue weighted by molar-refractivity contribution is 0.292. The van der Waals surface area contributed by atoms with Gasteiger partial charge in [0.2, 0.25) is 5.95 Å². The van der Waals surface area contributed by atoms with Gasteiger partial charge in [0, 0.05) is 20.1 Å². The summed E-state index contributed by atoms with van der Waals surface area (Å²) in [5, 5.41) is 11.0. The fraction of sp³-hybridized carbons (Fsp3) is 0.615. The van der Waals surface area contributed by atoms with Crippen LogP contribution in [0.15, 0.2) is 6.20 Å². The molecule has 2 aromatic rings. The van der Waals surface area contributed by atoms with Crippen LogP contribution in [0, 0.1) is 5.41 Å². The van der Waals surface area contributed by atoms with Gasteiger partial charge in [0.1, 0.15) is 5.82 Å². The predicted molar refractivity (Wildman–Crippen MR) is 76.5 cm³/mol. The molecule has 0 aliphatic carbocycles. The molecule has 0 saturated carbocycles. The lowest BCUT2D eigenvalue weighted by atomic mass is 9.84. The van der Waals surface area contributed by atoms with Crippen LogP contribution in [0.25, 0.3) is 11.0 Å². The summed E-state index contributed by atoms with van der Waals surface area (Å²) >= 11 is 0. The minimum atomic E-state index is 0.332. The molecule has 0 atom stereocenters. The smallest absolute Gasteiger partial charge is 0.226 e. The van der Waals surface area contributed by atoms with Crippen molar-refractivity contribution in [3.63, 3.8) is 0 Å². The predicted octanol–water partition coefficient (Wildman–Crippen LogP) is 2.02. The summed E-state index contributed by atoms with van der Waals surface area (Å²) in [5.74, 6) is 1.62. The van der Waals surface area contributed by atoms with Crippen LogP contribution < -0.4 is 10.2 Å². The summed E-state index contributed by atoms with van der Waals surface area (Å²) in [5.41, 5.74) is 1.12. The number of hydrogen-bond donors (Lipinski definition) is 2. The lowest BCUT2D eigenvalue weighted by Gasteiger charge is -2.38. The van der Waals surface area contributed by atoms with Crippen LogP contribution in [0.1, 0.15) is 26.7 Å². The highest BCUT2D eigenvalue weighted by atomic mass is 15.3. The first-order valence-electron chi connectivity index (χ1n) is 6.73. The summed E-state index contributed by atoms with van der Waals surface area (Å²) < 4.78 is 0. The maximum absolute atomic E-state index is 4.62. The van der Waals surface area contributed by atoms with Crippen molar-refractivity contribution < 1.29 is 0 Å². The summed E-state index contributed by atoms with van der Waals surface area (Å²) in [4.78, 5) is 11.4. The largest absolute Gasteiger partial charge is 0.357 e. The first kappa shape index (κ1) is 12.2. The van der Waals surface area contributed by atoms with E-state index in [1.807, 2.05) is 13.2 Å². The molecule has 0 aromatic carbocycles. The van der Waals surface area contributed by atoms with Gasteiger partial charge in [-0.25, -0.2) is 0 Å². The van der Waals surface area contributed by atoms with Crippen molar-refractivity contribution in [2.45, 2.75) is 26.7 Å². The quantitative estimate of drug-likeness (QED) is 0.864. The molecule has 1 saturated heterocycles. The summed E-state index contributed by atoms with van der Waals surface area (Å²) in [6.45, 7) is 6.69. The van der Waals surface area contributed by atoms with Gasteiger partial charge in [-0.2, -0.15) is 15.1 Å². The molecule has 0 radical (unpaired) electrons. The van der Waals surface area contributed by atoms with Crippen LogP contribution in [0.5, 0.6) is 0 Å². The highest BCUT2D eigenvalue weighted by Crippen LogP contribution is 2.33. The van der Waals surface area contributed by atoms with E-state index in [1.165, 1.54) is 12.8 Å². The molecule has 3 rings (SSSR count). The second-order valence-electron chi connectivity index (χ2n) is 5.94. The number of aromatic nitrogens is 4. The molecule has 1 aliphatic rings. The molecule has 3 heterocycles. The number of nitrogens with zero attached hydrogens (tertiary/aromatic N) is 4. The number of aromatic amines is 1. The Morgan fingerprint density at radius 2 is 2.21 bits per heavy atom. The molecule has 2 aromatic heterocycles. The van der Waals surface area contributed by atoms with Crippen LogP contribution in [0.4, 0.5) is 11.8 Å². The van der Waals surface area contributed by atoms with Crippen molar-refractivity contribution in [1.29, 1.82) is 0 Å². The maximum Gasteiger partial charge on any atom is 0.226 e. The van der Waals surface area contributed by atoms with Crippen molar-refractivity contribution in [3.05, 3.63) is 6.20 Å². The Hall–Kier alpha value is -1.85. The van der Waals surface area contributed by atoms with Gasteiger partial charge in [-0.05, 0) is 18.3 Å². The summed E-state index contributed by atoms with van der Waals surface area (Å²) in [7, 11) is 1.83. The van der Waals surface area contributed by atoms with E-state index in [9.17, 15) is 0 Å². The first-order chi connectivity index (χ1) is 9.09. The molecule has 6 nitrogen and oxygen atoms in total. The molecule has 1 aliphatic heterocycles. The molecule has 0 unspecified atom stereocenters. The van der Waals surface area contributed by atoms with Gasteiger partial charge in [-0.3, -0.25) is 5.10 Å². The topological polar surface area (TPSA) is 69.7 Å². The highest BCUT2D eigenvalue weighted by Gasteiger charge is 2.28. The first-order valence-corrected chi connectivity index (χ1v) is 6.73. The van der Waals surface area contributed by atoms with Crippen molar-refractivity contribution in [2.24, 2.45) is 5.41 Å². The number of piperidine rings is 1. The van der Waals surface area contributed by atoms with Gasteiger partial charge in [0.05, 0.1) is 11.6 Å². The molecular weight excluding hydrogens is 240 g/mol. The Morgan fingerprint density at radius 1 is 1.37 bits per heavy atom. The molecule has 0 spiro atoms. The third-order valence-electron chi connectivity index (χ3n) is 3.71. The van der Waals surface area contributed by atoms with Gasteiger partial charge in [0.15, 0.2) is 5.65 Å². The molecule has 6 heteroatoms. The Morgan fingerprint density at radius 3 is 2.95 bits per heavy atom. The molecule has 2 N–H and O–H groups in total. The van der Waals surface area contributed by atoms with E-state index in [2.05, 4.69) is 44.2 Å². The van der Waals surface area contributed by atoms with E-state index in [0.717, 1.165) is 29.9 Å². The third kappa shape index (κ3) is 2.22. The number of rotatable bonds is 2. The van der Waals surface area contributed by atoms with Gasteiger partial charge in [-0.15, -0.1) is 0 Å². The monoisotopic (exact) mass is 260 g/mol. The zero-order chi connectivity index (χ0) is 13.5. The van der Waals surface area contributed by atoms with Gasteiger partial charge in [-0.1, -0.05) is 13.8 Å². The van der Waals surface area contributed by atoms with E-state index in [-0.39, 0.29) is 0 Å². The Kier molecular flexibility index (Phi) is 2.80. The standard InChI is InChI=1S/C13H20N6/c1-13(2)5-4-6-19(8-13)11-9-7-15-18-10(9)16-12(14-3)17-11/h7H,4-6,8H2,1-3H3,(H2,14,15,16,17,18). The maximum atomic E-state index is 4.62. The van der Waals surface area contributed by atoms with E-state index in [0.29, 0.717) is 11.4 Å². The van der Waals surface area contributed by atoms with Crippen LogP contribution in [0.3, 0.4) is 0 Å². The van der Waals surface area contributed by atoms with E-state index >= 15 is 0 Å². The molecule has 0 amide bonds. The van der Waals surface area contributed by atoms with Gasteiger partial charge in [0.25, 0.3) is 0 Å². The average molecular weight is 260 g/mol. The number of hydrogen-bond acceptors (Lipinski definition) is 5. The minimum absolute atomic E-state index is 0.332. The van der Waals surface area contributed by atoms with Crippen LogP contribution in [0.2, 0.25) is 0 Å². The SMILES string of the molecule is CNc1nc(N2CCCC(C)(C)C2)c2cn[nH]c2n1. The van der Waals surface area contributed by atoms with Gasteiger partial charge >= 0.3 is 0 Å². The van der Waals surface area contributed by atoms with Crippen LogP contribution >= 0.6 is 0 Å². The zero-order valence-corrected chi connectivity index (χ0v) is 11.7. The fourth-order valence-corrected chi connectivity index (χ4v) is 2.78. The molecule has 19 heavy (non-hydrogen) atoms. The number of fused-ring (bicyclic) bond motifs is 1. The molecule has 0 bridgehead atoms. The number of H-pyrrole nitrogens is 1. The van der Waals surface area contributed by atoms with Crippen LogP contribution in [-0.2, 0) is 0 Å². The van der Waals surface area contributed by atoms with Crippen molar-refractivity contribution >= 4 is 22.8 Å². The van der Waals surface area contributed by atoms with Crippen molar-refractivity contribution in [1.82, 2.24) is 20.2 Å². The highest BCUT2D eigenvalue weighted by molar-refractivity contribution is 5.87. The molecule has 102 valence electrons. The van der Waals surface area contributed by atoms with Gasteiger partial charge < -0.3 is 10.2 Å². The third-order valence-corrected chi connectivity index (χ3v) is 3.71. The molecular formula is C13H20N6. The van der Waals surface area contributed by atoms with E-state index in [1.54, 1.807) is 0 Å². The van der Waals surface area contributed by atoms with Crippen molar-refractivity contribution in [2.75, 3.05) is 30.4 Å². The second-order valence-corrected chi connectivity index (χ2v) is 5.94. The van der Waals surface area contributed by atoms with E-state index < -0.39 is 0 Å². The Labute approximate surface area is 112 Å². The summed E-state index contributed by atoms with van der Waals surface area (Å²) in [6.07, 6.45) is 4.28. The minimum Gasteiger partial charge on any atom is -0.357 e. The van der Waals surface area contributed by atoms with Crippen molar-refractivity contribution in [3.8, 4) is 0 Å². The molecule has 1 fully saturated rings. The fourth-order valence-electron chi connectivity index (χ4n) is 2.78. The lowest BCUT2D eigenvalue weighted by Crippen LogP contribution is -2.40. The Bertz CT molecular complexity index is 588. The van der Waals surface area contributed by atoms with Crippen LogP contribution in [-0.4, -0.2) is 40.3 Å². The normalized spacial score (nSPS) is 18.8. The number of nitrogens with one attached hydrogen (secondary N) is 2. The second kappa shape index (κ2) is 4.36. The average Bonchev–Trinajstić information content (AvgIpc) is 2.84. The summed E-state index contributed by atoms with van der Waals surface area (Å²) in [6, 6.07) is 0. The Balaban J connectivity index is 2.05. The number of anilines is 2. The van der Waals surface area contributed by atoms with E-state index in [4.69, 9.17) is 0 Å².